The number of sulfonamides is 1. The maximum Gasteiger partial charge on any atom is 0.264 e. The first-order chi connectivity index (χ1) is 23.4. The predicted molar refractivity (Wildman–Crippen MR) is 192 cm³/mol. The van der Waals surface area contributed by atoms with Crippen LogP contribution in [0.1, 0.15) is 67.4 Å². The SMILES string of the molecule is C[C@@H]1[C@@H](C)C/C=C/C([C@H]2OC[C@@H](N(C)C)CO2)[C@@H]2CC[C@H]2CN2C[C@@]3(CCCc4cc(Cl)ccc43)COc3ccc(cc32)C(=O)NS1(=O)=O. The van der Waals surface area contributed by atoms with Crippen LogP contribution in [0.3, 0.4) is 0 Å². The van der Waals surface area contributed by atoms with Crippen LogP contribution in [0.4, 0.5) is 5.69 Å². The van der Waals surface area contributed by atoms with Gasteiger partial charge in [-0.1, -0.05) is 36.7 Å². The smallest absolute Gasteiger partial charge is 0.264 e. The van der Waals surface area contributed by atoms with Crippen LogP contribution < -0.4 is 14.4 Å². The van der Waals surface area contributed by atoms with Crippen molar-refractivity contribution in [2.24, 2.45) is 23.7 Å². The van der Waals surface area contributed by atoms with E-state index in [2.05, 4.69) is 38.8 Å². The number of halogens is 1. The number of aryl methyl sites for hydroxylation is 1. The number of benzene rings is 2. The highest BCUT2D eigenvalue weighted by atomic mass is 35.5. The Morgan fingerprint density at radius 3 is 2.59 bits per heavy atom. The standard InChI is InChI=1S/C38H50ClN3O6S/c1-24-7-5-9-32(37-46-20-30(21-47-37)41(3)4)31-13-10-28(31)19-42-22-38(16-6-8-26-17-29(39)12-14-33(26)38)23-48-35-15-11-27(18-34(35)42)36(43)40-49(44,45)25(24)2/h5,9,11-12,14-15,17-18,24-25,28,30-32,37H,6-8,10,13,16,19-23H2,1-4H3,(H,40,43)/b9-5+/t24-,25+,28-,30-,31+,32?,37+,38-/m0/s1. The van der Waals surface area contributed by atoms with Gasteiger partial charge in [-0.25, -0.2) is 13.1 Å². The minimum atomic E-state index is -3.94. The van der Waals surface area contributed by atoms with E-state index < -0.39 is 21.2 Å². The lowest BCUT2D eigenvalue weighted by Crippen LogP contribution is -2.51. The molecule has 2 aromatic carbocycles. The number of anilines is 1. The van der Waals surface area contributed by atoms with Crippen molar-refractivity contribution < 1.29 is 27.4 Å². The fraction of sp³-hybridized carbons (Fsp3) is 0.605. The molecule has 11 heteroatoms. The van der Waals surface area contributed by atoms with E-state index in [0.717, 1.165) is 55.9 Å². The number of amides is 1. The van der Waals surface area contributed by atoms with Gasteiger partial charge in [-0.3, -0.25) is 4.79 Å². The van der Waals surface area contributed by atoms with Gasteiger partial charge in [0.1, 0.15) is 5.75 Å². The molecule has 1 saturated heterocycles. The Balaban J connectivity index is 1.28. The van der Waals surface area contributed by atoms with E-state index in [4.69, 9.17) is 25.8 Å². The number of likely N-dealkylation sites (N-methyl/N-ethyl adjacent to an activating group) is 1. The minimum Gasteiger partial charge on any atom is -0.490 e. The first kappa shape index (κ1) is 34.8. The van der Waals surface area contributed by atoms with E-state index in [1.807, 2.05) is 39.2 Å². The van der Waals surface area contributed by atoms with Crippen molar-refractivity contribution in [2.75, 3.05) is 51.9 Å². The molecule has 1 unspecified atom stereocenters. The van der Waals surface area contributed by atoms with Crippen LogP contribution in [0.5, 0.6) is 5.75 Å². The first-order valence-electron chi connectivity index (χ1n) is 17.9. The molecule has 6 atom stereocenters. The molecule has 266 valence electrons. The topological polar surface area (TPSA) is 97.4 Å². The van der Waals surface area contributed by atoms with Gasteiger partial charge in [-0.2, -0.15) is 0 Å². The van der Waals surface area contributed by atoms with Crippen LogP contribution in [0.15, 0.2) is 48.6 Å². The second kappa shape index (κ2) is 13.8. The summed E-state index contributed by atoms with van der Waals surface area (Å²) < 4.78 is 48.8. The molecule has 1 N–H and O–H groups in total. The van der Waals surface area contributed by atoms with Crippen LogP contribution in [0, 0.1) is 23.7 Å². The number of hydrogen-bond donors (Lipinski definition) is 1. The number of allylic oxidation sites excluding steroid dienone is 1. The average molecular weight is 712 g/mol. The van der Waals surface area contributed by atoms with E-state index in [0.29, 0.717) is 49.4 Å². The van der Waals surface area contributed by atoms with E-state index in [9.17, 15) is 13.2 Å². The van der Waals surface area contributed by atoms with Gasteiger partial charge in [0.05, 0.1) is 36.8 Å². The molecule has 49 heavy (non-hydrogen) atoms. The van der Waals surface area contributed by atoms with E-state index in [1.54, 1.807) is 13.0 Å². The average Bonchev–Trinajstić information content (AvgIpc) is 3.21. The summed E-state index contributed by atoms with van der Waals surface area (Å²) in [6, 6.07) is 11.8. The molecule has 1 saturated carbocycles. The van der Waals surface area contributed by atoms with Crippen molar-refractivity contribution in [1.29, 1.82) is 0 Å². The Labute approximate surface area is 296 Å². The lowest BCUT2D eigenvalue weighted by Gasteiger charge is -2.48. The molecule has 1 amide bonds. The Morgan fingerprint density at radius 2 is 1.86 bits per heavy atom. The summed E-state index contributed by atoms with van der Waals surface area (Å²) >= 11 is 6.47. The van der Waals surface area contributed by atoms with Crippen molar-refractivity contribution >= 4 is 33.2 Å². The third-order valence-electron chi connectivity index (χ3n) is 12.1. The van der Waals surface area contributed by atoms with Crippen molar-refractivity contribution in [3.05, 3.63) is 70.3 Å². The Morgan fingerprint density at radius 1 is 1.06 bits per heavy atom. The number of nitrogens with zero attached hydrogens (tertiary/aromatic N) is 2. The van der Waals surface area contributed by atoms with Gasteiger partial charge in [0.25, 0.3) is 5.91 Å². The lowest BCUT2D eigenvalue weighted by molar-refractivity contribution is -0.230. The summed E-state index contributed by atoms with van der Waals surface area (Å²) in [7, 11) is 0.157. The van der Waals surface area contributed by atoms with Gasteiger partial charge in [-0.15, -0.1) is 0 Å². The van der Waals surface area contributed by atoms with Gasteiger partial charge in [0.2, 0.25) is 10.0 Å². The predicted octanol–water partition coefficient (Wildman–Crippen LogP) is 5.80. The van der Waals surface area contributed by atoms with E-state index in [-0.39, 0.29) is 29.6 Å². The molecule has 2 bridgehead atoms. The van der Waals surface area contributed by atoms with Crippen LogP contribution in [-0.4, -0.2) is 83.8 Å². The zero-order valence-electron chi connectivity index (χ0n) is 29.1. The molecule has 2 fully saturated rings. The third kappa shape index (κ3) is 6.88. The molecule has 1 spiro atoms. The zero-order valence-corrected chi connectivity index (χ0v) is 30.6. The maximum absolute atomic E-state index is 13.5. The molecule has 2 aliphatic carbocycles. The van der Waals surface area contributed by atoms with Gasteiger partial charge in [0.15, 0.2) is 6.29 Å². The summed E-state index contributed by atoms with van der Waals surface area (Å²) in [5.41, 5.74) is 3.42. The van der Waals surface area contributed by atoms with Crippen molar-refractivity contribution in [3.63, 3.8) is 0 Å². The van der Waals surface area contributed by atoms with Crippen molar-refractivity contribution in [1.82, 2.24) is 9.62 Å². The number of ether oxygens (including phenoxy) is 3. The summed E-state index contributed by atoms with van der Waals surface area (Å²) in [5, 5.41) is -0.0271. The highest BCUT2D eigenvalue weighted by Crippen LogP contribution is 2.48. The first-order valence-corrected chi connectivity index (χ1v) is 19.8. The number of hydrogen-bond acceptors (Lipinski definition) is 8. The Bertz CT molecular complexity index is 1690. The second-order valence-corrected chi connectivity index (χ2v) is 17.8. The quantitative estimate of drug-likeness (QED) is 0.391. The van der Waals surface area contributed by atoms with Crippen molar-refractivity contribution in [3.8, 4) is 5.75 Å². The number of carbonyl (C=O) groups excluding carboxylic acids is 1. The normalized spacial score (nSPS) is 35.3. The second-order valence-electron chi connectivity index (χ2n) is 15.3. The molecule has 9 nitrogen and oxygen atoms in total. The van der Waals surface area contributed by atoms with Gasteiger partial charge < -0.3 is 24.0 Å². The summed E-state index contributed by atoms with van der Waals surface area (Å²) in [6.45, 7) is 6.82. The van der Waals surface area contributed by atoms with Crippen LogP contribution >= 0.6 is 11.6 Å². The maximum atomic E-state index is 13.5. The van der Waals surface area contributed by atoms with Gasteiger partial charge in [-0.05, 0) is 119 Å². The van der Waals surface area contributed by atoms with Crippen LogP contribution in [0.2, 0.25) is 5.02 Å². The molecule has 5 aliphatic rings. The Hall–Kier alpha value is -2.63. The molecule has 0 radical (unpaired) electrons. The van der Waals surface area contributed by atoms with Crippen molar-refractivity contribution in [2.45, 2.75) is 75.4 Å². The number of fused-ring (bicyclic) bond motifs is 4. The van der Waals surface area contributed by atoms with Crippen LogP contribution in [-0.2, 0) is 31.3 Å². The molecule has 3 aliphatic heterocycles. The van der Waals surface area contributed by atoms with Crippen LogP contribution in [0.25, 0.3) is 0 Å². The molecular formula is C38H50ClN3O6S. The largest absolute Gasteiger partial charge is 0.490 e. The monoisotopic (exact) mass is 711 g/mol. The van der Waals surface area contributed by atoms with E-state index in [1.165, 1.54) is 11.1 Å². The number of nitrogens with one attached hydrogen (secondary N) is 1. The third-order valence-corrected chi connectivity index (χ3v) is 14.2. The fourth-order valence-corrected chi connectivity index (χ4v) is 10.0. The lowest BCUT2D eigenvalue weighted by atomic mass is 9.65. The molecule has 3 heterocycles. The summed E-state index contributed by atoms with van der Waals surface area (Å²) in [5.74, 6) is 0.612. The summed E-state index contributed by atoms with van der Waals surface area (Å²) in [4.78, 5) is 18.1. The summed E-state index contributed by atoms with van der Waals surface area (Å²) in [6.07, 6.45) is 9.66. The molecule has 2 aromatic rings. The minimum absolute atomic E-state index is 0.0362. The molecule has 0 aromatic heterocycles. The number of rotatable bonds is 2. The van der Waals surface area contributed by atoms with Gasteiger partial charge in [0, 0.05) is 35.0 Å². The van der Waals surface area contributed by atoms with E-state index >= 15 is 0 Å². The van der Waals surface area contributed by atoms with Gasteiger partial charge >= 0.3 is 0 Å². The Kier molecular flexibility index (Phi) is 9.82. The molecular weight excluding hydrogens is 662 g/mol. The zero-order chi connectivity index (χ0) is 34.5. The highest BCUT2D eigenvalue weighted by molar-refractivity contribution is 7.90. The highest BCUT2D eigenvalue weighted by Gasteiger charge is 2.46. The number of carbonyl (C=O) groups is 1. The fourth-order valence-electron chi connectivity index (χ4n) is 8.56. The molecule has 7 rings (SSSR count).